The van der Waals surface area contributed by atoms with Gasteiger partial charge in [0.1, 0.15) is 5.69 Å². The molecular formula is C12H14FN7O2. The highest BCUT2D eigenvalue weighted by Gasteiger charge is 2.21. The van der Waals surface area contributed by atoms with E-state index in [4.69, 9.17) is 5.11 Å². The molecule has 0 amide bonds. The highest BCUT2D eigenvalue weighted by atomic mass is 19.1. The van der Waals surface area contributed by atoms with Crippen LogP contribution < -0.4 is 10.2 Å². The fraction of sp³-hybridized carbons (Fsp3) is 0.417. The van der Waals surface area contributed by atoms with Gasteiger partial charge in [0.2, 0.25) is 5.95 Å². The van der Waals surface area contributed by atoms with Gasteiger partial charge < -0.3 is 15.3 Å². The Kier molecular flexibility index (Phi) is 3.67. The number of aromatic nitrogens is 5. The Bertz CT molecular complexity index is 711. The third-order valence-corrected chi connectivity index (χ3v) is 3.30. The summed E-state index contributed by atoms with van der Waals surface area (Å²) in [4.78, 5) is 24.9. The molecule has 2 N–H and O–H groups in total. The van der Waals surface area contributed by atoms with Crippen molar-refractivity contribution in [2.45, 2.75) is 0 Å². The fourth-order valence-electron chi connectivity index (χ4n) is 2.21. The maximum Gasteiger partial charge on any atom is 0.375 e. The molecule has 1 saturated heterocycles. The van der Waals surface area contributed by atoms with Gasteiger partial charge in [-0.2, -0.15) is 4.98 Å². The molecule has 9 nitrogen and oxygen atoms in total. The van der Waals surface area contributed by atoms with Gasteiger partial charge in [0, 0.05) is 33.2 Å². The predicted molar refractivity (Wildman–Crippen MR) is 74.0 cm³/mol. The second kappa shape index (κ2) is 5.64. The summed E-state index contributed by atoms with van der Waals surface area (Å²) in [6, 6.07) is 0. The molecule has 22 heavy (non-hydrogen) atoms. The van der Waals surface area contributed by atoms with Crippen molar-refractivity contribution >= 4 is 11.9 Å². The maximum atomic E-state index is 14.0. The van der Waals surface area contributed by atoms with Crippen LogP contribution in [-0.2, 0) is 7.05 Å². The van der Waals surface area contributed by atoms with Crippen molar-refractivity contribution in [2.24, 2.45) is 7.05 Å². The Morgan fingerprint density at radius 3 is 2.73 bits per heavy atom. The van der Waals surface area contributed by atoms with E-state index in [1.165, 1.54) is 11.7 Å². The van der Waals surface area contributed by atoms with Gasteiger partial charge >= 0.3 is 5.97 Å². The molecule has 0 saturated carbocycles. The quantitative estimate of drug-likeness (QED) is 0.782. The van der Waals surface area contributed by atoms with Crippen LogP contribution in [0.25, 0.3) is 11.5 Å². The van der Waals surface area contributed by atoms with Crippen molar-refractivity contribution in [3.63, 3.8) is 0 Å². The third kappa shape index (κ3) is 2.60. The minimum atomic E-state index is -1.28. The summed E-state index contributed by atoms with van der Waals surface area (Å²) in [5.74, 6) is -1.92. The van der Waals surface area contributed by atoms with Crippen LogP contribution in [-0.4, -0.2) is 62.0 Å². The third-order valence-electron chi connectivity index (χ3n) is 3.30. The van der Waals surface area contributed by atoms with Crippen molar-refractivity contribution in [2.75, 3.05) is 31.1 Å². The van der Waals surface area contributed by atoms with Crippen LogP contribution in [0.3, 0.4) is 0 Å². The molecule has 0 radical (unpaired) electrons. The first-order valence-electron chi connectivity index (χ1n) is 6.69. The minimum Gasteiger partial charge on any atom is -0.475 e. The summed E-state index contributed by atoms with van der Waals surface area (Å²) in [5.41, 5.74) is -0.0639. The van der Waals surface area contributed by atoms with Crippen LogP contribution in [0.1, 0.15) is 10.6 Å². The molecule has 2 aromatic rings. The second-order valence-corrected chi connectivity index (χ2v) is 4.79. The molecule has 0 unspecified atom stereocenters. The maximum absolute atomic E-state index is 14.0. The number of carboxylic acid groups (broad SMARTS) is 1. The van der Waals surface area contributed by atoms with Crippen molar-refractivity contribution in [3.05, 3.63) is 17.8 Å². The number of anilines is 1. The summed E-state index contributed by atoms with van der Waals surface area (Å²) in [6.45, 7) is 3.01. The predicted octanol–water partition coefficient (Wildman–Crippen LogP) is -0.481. The van der Waals surface area contributed by atoms with E-state index in [1.54, 1.807) is 0 Å². The minimum absolute atomic E-state index is 0.0497. The van der Waals surface area contributed by atoms with Gasteiger partial charge in [-0.1, -0.05) is 0 Å². The number of hydrogen-bond acceptors (Lipinski definition) is 7. The van der Waals surface area contributed by atoms with Gasteiger partial charge in [-0.25, -0.2) is 23.8 Å². The number of carboxylic acids is 1. The van der Waals surface area contributed by atoms with Crippen LogP contribution in [0.4, 0.5) is 10.3 Å². The number of piperazine rings is 1. The average molecular weight is 307 g/mol. The normalized spacial score (nSPS) is 15.1. The number of nitrogens with one attached hydrogen (secondary N) is 1. The molecule has 3 heterocycles. The zero-order valence-corrected chi connectivity index (χ0v) is 11.8. The number of nitrogens with zero attached hydrogens (tertiary/aromatic N) is 6. The molecule has 0 atom stereocenters. The monoisotopic (exact) mass is 307 g/mol. The summed E-state index contributed by atoms with van der Waals surface area (Å²) in [7, 11) is 1.49. The topological polar surface area (TPSA) is 109 Å². The molecule has 1 aliphatic rings. The Morgan fingerprint density at radius 2 is 2.09 bits per heavy atom. The lowest BCUT2D eigenvalue weighted by molar-refractivity contribution is 0.0683. The van der Waals surface area contributed by atoms with E-state index in [-0.39, 0.29) is 11.5 Å². The highest BCUT2D eigenvalue weighted by molar-refractivity contribution is 5.83. The van der Waals surface area contributed by atoms with E-state index in [1.807, 2.05) is 4.90 Å². The zero-order valence-electron chi connectivity index (χ0n) is 11.8. The first-order chi connectivity index (χ1) is 10.6. The van der Waals surface area contributed by atoms with Crippen LogP contribution in [0, 0.1) is 5.82 Å². The molecular weight excluding hydrogens is 293 g/mol. The largest absolute Gasteiger partial charge is 0.475 e. The van der Waals surface area contributed by atoms with E-state index in [9.17, 15) is 9.18 Å². The second-order valence-electron chi connectivity index (χ2n) is 4.79. The fourth-order valence-corrected chi connectivity index (χ4v) is 2.21. The summed E-state index contributed by atoms with van der Waals surface area (Å²) < 4.78 is 15.2. The summed E-state index contributed by atoms with van der Waals surface area (Å²) in [5, 5.41) is 15.8. The van der Waals surface area contributed by atoms with Crippen LogP contribution in [0.5, 0.6) is 0 Å². The van der Waals surface area contributed by atoms with Gasteiger partial charge in [-0.15, -0.1) is 5.10 Å². The van der Waals surface area contributed by atoms with Gasteiger partial charge in [0.25, 0.3) is 5.82 Å². The van der Waals surface area contributed by atoms with E-state index in [0.29, 0.717) is 19.0 Å². The van der Waals surface area contributed by atoms with Gasteiger partial charge in [0.05, 0.1) is 6.20 Å². The standard InChI is InChI=1S/C12H14FN7O2/c1-19-10(17-9(18-19)11(21)22)8-7(13)6-15-12(16-8)20-4-2-14-3-5-20/h6,14H,2-5H2,1H3,(H,21,22). The Morgan fingerprint density at radius 1 is 1.36 bits per heavy atom. The zero-order chi connectivity index (χ0) is 15.7. The van der Waals surface area contributed by atoms with E-state index in [0.717, 1.165) is 19.3 Å². The lowest BCUT2D eigenvalue weighted by atomic mass is 10.3. The van der Waals surface area contributed by atoms with Crippen molar-refractivity contribution in [1.29, 1.82) is 0 Å². The molecule has 10 heteroatoms. The van der Waals surface area contributed by atoms with E-state index in [2.05, 4.69) is 25.4 Å². The van der Waals surface area contributed by atoms with Crippen molar-refractivity contribution in [1.82, 2.24) is 30.0 Å². The number of aromatic carboxylic acids is 1. The number of hydrogen-bond donors (Lipinski definition) is 2. The van der Waals surface area contributed by atoms with Crippen LogP contribution >= 0.6 is 0 Å². The molecule has 1 fully saturated rings. The number of halogens is 1. The molecule has 0 aliphatic carbocycles. The van der Waals surface area contributed by atoms with Gasteiger partial charge in [-0.3, -0.25) is 0 Å². The summed E-state index contributed by atoms with van der Waals surface area (Å²) >= 11 is 0. The lowest BCUT2D eigenvalue weighted by Crippen LogP contribution is -2.44. The summed E-state index contributed by atoms with van der Waals surface area (Å²) in [6.07, 6.45) is 1.06. The molecule has 2 aromatic heterocycles. The Hall–Kier alpha value is -2.62. The van der Waals surface area contributed by atoms with Crippen LogP contribution in [0.15, 0.2) is 6.20 Å². The number of rotatable bonds is 3. The van der Waals surface area contributed by atoms with Crippen LogP contribution in [0.2, 0.25) is 0 Å². The van der Waals surface area contributed by atoms with Gasteiger partial charge in [-0.05, 0) is 0 Å². The average Bonchev–Trinajstić information content (AvgIpc) is 2.91. The Labute approximate surface area is 124 Å². The molecule has 1 aliphatic heterocycles. The molecule has 116 valence electrons. The molecule has 0 bridgehead atoms. The Balaban J connectivity index is 2.01. The van der Waals surface area contributed by atoms with Gasteiger partial charge in [0.15, 0.2) is 11.6 Å². The lowest BCUT2D eigenvalue weighted by Gasteiger charge is -2.27. The SMILES string of the molecule is Cn1nc(C(=O)O)nc1-c1nc(N2CCNCC2)ncc1F. The molecule has 0 aromatic carbocycles. The smallest absolute Gasteiger partial charge is 0.375 e. The number of carbonyl (C=O) groups is 1. The molecule has 0 spiro atoms. The van der Waals surface area contributed by atoms with Crippen molar-refractivity contribution in [3.8, 4) is 11.5 Å². The first kappa shape index (κ1) is 14.3. The number of aryl methyl sites for hydroxylation is 1. The first-order valence-corrected chi connectivity index (χ1v) is 6.69. The van der Waals surface area contributed by atoms with E-state index >= 15 is 0 Å². The van der Waals surface area contributed by atoms with E-state index < -0.39 is 17.6 Å². The molecule has 3 rings (SSSR count). The van der Waals surface area contributed by atoms with Crippen molar-refractivity contribution < 1.29 is 14.3 Å². The highest BCUT2D eigenvalue weighted by Crippen LogP contribution is 2.20.